The smallest absolute Gasteiger partial charge is 0.274 e. The van der Waals surface area contributed by atoms with E-state index in [1.54, 1.807) is 0 Å². The third-order valence-corrected chi connectivity index (χ3v) is 5.12. The highest BCUT2D eigenvalue weighted by Gasteiger charge is 2.21. The quantitative estimate of drug-likeness (QED) is 0.605. The molecule has 32 heavy (non-hydrogen) atoms. The van der Waals surface area contributed by atoms with Crippen LogP contribution in [-0.2, 0) is 0 Å². The molecular formula is C22H20F3N5O2. The third-order valence-electron chi connectivity index (χ3n) is 5.12. The van der Waals surface area contributed by atoms with Gasteiger partial charge in [-0.3, -0.25) is 4.79 Å². The largest absolute Gasteiger partial charge is 0.476 e. The molecule has 0 aliphatic carbocycles. The molecule has 0 saturated carbocycles. The molecule has 0 bridgehead atoms. The number of hydrogen-bond acceptors (Lipinski definition) is 6. The molecule has 1 aliphatic rings. The molecule has 1 amide bonds. The summed E-state index contributed by atoms with van der Waals surface area (Å²) in [7, 11) is 0. The summed E-state index contributed by atoms with van der Waals surface area (Å²) in [6.07, 6.45) is 4.61. The number of carbonyl (C=O) groups is 1. The van der Waals surface area contributed by atoms with Gasteiger partial charge in [0.15, 0.2) is 0 Å². The molecule has 3 heterocycles. The maximum atomic E-state index is 14.3. The van der Waals surface area contributed by atoms with Gasteiger partial charge in [0.05, 0.1) is 18.4 Å². The van der Waals surface area contributed by atoms with Gasteiger partial charge < -0.3 is 15.4 Å². The number of pyridine rings is 1. The van der Waals surface area contributed by atoms with Crippen LogP contribution in [0, 0.1) is 23.4 Å². The number of amides is 1. The number of piperidine rings is 1. The standard InChI is InChI=1S/C22H20F3N5O2/c23-14-2-1-3-15(24)19(14)20-16(25)4-5-17(29-20)21(31)30-18-10-27-12-28-22(18)32-11-13-6-8-26-9-7-13/h1-5,10,12-13,26H,6-9,11H2,(H,30,31). The van der Waals surface area contributed by atoms with Crippen molar-refractivity contribution in [3.05, 3.63) is 66.0 Å². The van der Waals surface area contributed by atoms with E-state index in [1.807, 2.05) is 0 Å². The van der Waals surface area contributed by atoms with E-state index in [-0.39, 0.29) is 17.3 Å². The van der Waals surface area contributed by atoms with E-state index in [2.05, 4.69) is 25.6 Å². The van der Waals surface area contributed by atoms with Crippen molar-refractivity contribution < 1.29 is 22.7 Å². The van der Waals surface area contributed by atoms with Crippen molar-refractivity contribution >= 4 is 11.6 Å². The minimum Gasteiger partial charge on any atom is -0.476 e. The van der Waals surface area contributed by atoms with Crippen molar-refractivity contribution in [2.45, 2.75) is 12.8 Å². The van der Waals surface area contributed by atoms with Crippen molar-refractivity contribution in [3.63, 3.8) is 0 Å². The summed E-state index contributed by atoms with van der Waals surface area (Å²) in [5.74, 6) is -3.11. The number of hydrogen-bond donors (Lipinski definition) is 2. The number of anilines is 1. The average molecular weight is 443 g/mol. The second kappa shape index (κ2) is 9.73. The summed E-state index contributed by atoms with van der Waals surface area (Å²) in [5, 5.41) is 5.85. The number of benzene rings is 1. The highest BCUT2D eigenvalue weighted by atomic mass is 19.1. The zero-order valence-corrected chi connectivity index (χ0v) is 16.9. The van der Waals surface area contributed by atoms with Gasteiger partial charge in [-0.05, 0) is 56.1 Å². The second-order valence-electron chi connectivity index (χ2n) is 7.32. The molecule has 4 rings (SSSR count). The van der Waals surface area contributed by atoms with Crippen LogP contribution in [0.3, 0.4) is 0 Å². The van der Waals surface area contributed by atoms with Gasteiger partial charge in [-0.25, -0.2) is 23.1 Å². The number of rotatable bonds is 6. The number of nitrogens with one attached hydrogen (secondary N) is 2. The summed E-state index contributed by atoms with van der Waals surface area (Å²) in [6, 6.07) is 5.17. The van der Waals surface area contributed by atoms with Gasteiger partial charge in [0.1, 0.15) is 40.9 Å². The van der Waals surface area contributed by atoms with Crippen LogP contribution in [0.4, 0.5) is 18.9 Å². The lowest BCUT2D eigenvalue weighted by molar-refractivity contribution is 0.102. The first-order valence-corrected chi connectivity index (χ1v) is 10.1. The third kappa shape index (κ3) is 4.86. The predicted octanol–water partition coefficient (Wildman–Crippen LogP) is 3.59. The highest BCUT2D eigenvalue weighted by Crippen LogP contribution is 2.27. The number of carbonyl (C=O) groups excluding carboxylic acids is 1. The molecule has 0 radical (unpaired) electrons. The minimum absolute atomic E-state index is 0.189. The Hall–Kier alpha value is -3.53. The Bertz CT molecular complexity index is 1100. The van der Waals surface area contributed by atoms with E-state index in [4.69, 9.17) is 4.74 Å². The lowest BCUT2D eigenvalue weighted by atomic mass is 9.99. The van der Waals surface area contributed by atoms with Crippen molar-refractivity contribution in [2.24, 2.45) is 5.92 Å². The Labute approximate surface area is 182 Å². The number of halogens is 3. The van der Waals surface area contributed by atoms with Gasteiger partial charge >= 0.3 is 0 Å². The maximum Gasteiger partial charge on any atom is 0.274 e. The first-order valence-electron chi connectivity index (χ1n) is 10.1. The Morgan fingerprint density at radius 3 is 2.59 bits per heavy atom. The second-order valence-corrected chi connectivity index (χ2v) is 7.32. The fourth-order valence-corrected chi connectivity index (χ4v) is 3.42. The van der Waals surface area contributed by atoms with Crippen LogP contribution >= 0.6 is 0 Å². The van der Waals surface area contributed by atoms with E-state index in [9.17, 15) is 18.0 Å². The molecule has 166 valence electrons. The molecule has 1 aromatic carbocycles. The molecule has 2 N–H and O–H groups in total. The molecule has 0 atom stereocenters. The Balaban J connectivity index is 1.54. The number of nitrogens with zero attached hydrogens (tertiary/aromatic N) is 3. The normalized spacial score (nSPS) is 14.2. The van der Waals surface area contributed by atoms with Crippen LogP contribution in [0.2, 0.25) is 0 Å². The first kappa shape index (κ1) is 21.7. The van der Waals surface area contributed by atoms with Crippen LogP contribution in [0.5, 0.6) is 5.88 Å². The van der Waals surface area contributed by atoms with Gasteiger partial charge in [0.25, 0.3) is 5.91 Å². The molecule has 1 aliphatic heterocycles. The van der Waals surface area contributed by atoms with Gasteiger partial charge in [0, 0.05) is 0 Å². The number of aromatic nitrogens is 3. The molecule has 0 spiro atoms. The van der Waals surface area contributed by atoms with Crippen molar-refractivity contribution in [1.29, 1.82) is 0 Å². The zero-order valence-electron chi connectivity index (χ0n) is 16.9. The fourth-order valence-electron chi connectivity index (χ4n) is 3.42. The summed E-state index contributed by atoms with van der Waals surface area (Å²) in [4.78, 5) is 24.6. The van der Waals surface area contributed by atoms with E-state index in [0.29, 0.717) is 12.5 Å². The molecule has 2 aromatic heterocycles. The van der Waals surface area contributed by atoms with Crippen molar-refractivity contribution in [3.8, 4) is 17.1 Å². The summed E-state index contributed by atoms with van der Waals surface area (Å²) >= 11 is 0. The fraction of sp³-hybridized carbons (Fsp3) is 0.273. The van der Waals surface area contributed by atoms with Crippen LogP contribution in [-0.4, -0.2) is 40.6 Å². The van der Waals surface area contributed by atoms with Gasteiger partial charge in [-0.2, -0.15) is 4.98 Å². The number of ether oxygens (including phenoxy) is 1. The van der Waals surface area contributed by atoms with Crippen LogP contribution < -0.4 is 15.4 Å². The van der Waals surface area contributed by atoms with Crippen LogP contribution in [0.1, 0.15) is 23.3 Å². The first-order chi connectivity index (χ1) is 15.5. The average Bonchev–Trinajstić information content (AvgIpc) is 2.80. The van der Waals surface area contributed by atoms with E-state index in [0.717, 1.165) is 56.3 Å². The van der Waals surface area contributed by atoms with Crippen molar-refractivity contribution in [2.75, 3.05) is 25.0 Å². The van der Waals surface area contributed by atoms with Crippen LogP contribution in [0.15, 0.2) is 42.9 Å². The zero-order chi connectivity index (χ0) is 22.5. The summed E-state index contributed by atoms with van der Waals surface area (Å²) in [5.41, 5.74) is -1.28. The lowest BCUT2D eigenvalue weighted by Gasteiger charge is -2.22. The summed E-state index contributed by atoms with van der Waals surface area (Å²) in [6.45, 7) is 2.28. The van der Waals surface area contributed by atoms with Crippen molar-refractivity contribution in [1.82, 2.24) is 20.3 Å². The van der Waals surface area contributed by atoms with Gasteiger partial charge in [-0.15, -0.1) is 0 Å². The van der Waals surface area contributed by atoms with Gasteiger partial charge in [0.2, 0.25) is 5.88 Å². The SMILES string of the molecule is O=C(Nc1cncnc1OCC1CCNCC1)c1ccc(F)c(-c2c(F)cccc2F)n1. The minimum atomic E-state index is -0.987. The topological polar surface area (TPSA) is 89.0 Å². The van der Waals surface area contributed by atoms with Crippen LogP contribution in [0.25, 0.3) is 11.3 Å². The molecule has 3 aromatic rings. The van der Waals surface area contributed by atoms with E-state index >= 15 is 0 Å². The molecule has 0 unspecified atom stereocenters. The predicted molar refractivity (Wildman–Crippen MR) is 111 cm³/mol. The van der Waals surface area contributed by atoms with Gasteiger partial charge in [-0.1, -0.05) is 6.07 Å². The molecule has 1 fully saturated rings. The molecule has 1 saturated heterocycles. The summed E-state index contributed by atoms with van der Waals surface area (Å²) < 4.78 is 48.3. The Morgan fingerprint density at radius 2 is 1.84 bits per heavy atom. The molecule has 10 heteroatoms. The molecule has 7 nitrogen and oxygen atoms in total. The Kier molecular flexibility index (Phi) is 6.60. The van der Waals surface area contributed by atoms with E-state index in [1.165, 1.54) is 12.5 Å². The Morgan fingerprint density at radius 1 is 1.09 bits per heavy atom. The van der Waals surface area contributed by atoms with E-state index < -0.39 is 34.6 Å². The lowest BCUT2D eigenvalue weighted by Crippen LogP contribution is -2.30. The monoisotopic (exact) mass is 443 g/mol. The highest BCUT2D eigenvalue weighted by molar-refractivity contribution is 6.03. The molecular weight excluding hydrogens is 423 g/mol. The maximum absolute atomic E-state index is 14.3.